The number of anilines is 1. The van der Waals surface area contributed by atoms with Crippen molar-refractivity contribution in [1.82, 2.24) is 14.7 Å². The van der Waals surface area contributed by atoms with Gasteiger partial charge in [-0.25, -0.2) is 27.5 Å². The Kier molecular flexibility index (Phi) is 5.10. The first-order valence-corrected chi connectivity index (χ1v) is 9.00. The van der Waals surface area contributed by atoms with Gasteiger partial charge in [0.15, 0.2) is 11.6 Å². The summed E-state index contributed by atoms with van der Waals surface area (Å²) in [4.78, 5) is 7.79. The first-order chi connectivity index (χ1) is 9.90. The molecule has 0 aromatic carbocycles. The molecule has 118 valence electrons. The van der Waals surface area contributed by atoms with Gasteiger partial charge in [0.25, 0.3) is 0 Å². The number of hydrogen-bond donors (Lipinski definition) is 2. The number of nitrogens with one attached hydrogen (secondary N) is 2. The molecule has 1 heterocycles. The first-order valence-electron chi connectivity index (χ1n) is 7.11. The van der Waals surface area contributed by atoms with E-state index in [1.807, 2.05) is 6.92 Å². The zero-order valence-corrected chi connectivity index (χ0v) is 13.1. The molecular formula is C13H21FN4O2S. The van der Waals surface area contributed by atoms with E-state index in [1.54, 1.807) is 0 Å². The maximum Gasteiger partial charge on any atom is 0.208 e. The molecule has 0 amide bonds. The van der Waals surface area contributed by atoms with Gasteiger partial charge in [-0.15, -0.1) is 0 Å². The minimum absolute atomic E-state index is 0.0944. The summed E-state index contributed by atoms with van der Waals surface area (Å²) in [5, 5.41) is 2.98. The van der Waals surface area contributed by atoms with Crippen molar-refractivity contribution in [1.29, 1.82) is 0 Å². The molecule has 2 N–H and O–H groups in total. The summed E-state index contributed by atoms with van der Waals surface area (Å²) >= 11 is 0. The molecule has 0 saturated heterocycles. The minimum atomic E-state index is -3.22. The van der Waals surface area contributed by atoms with E-state index in [0.717, 1.165) is 25.5 Å². The maximum atomic E-state index is 14.0. The van der Waals surface area contributed by atoms with Gasteiger partial charge in [0.2, 0.25) is 10.0 Å². The number of aromatic nitrogens is 2. The standard InChI is InChI=1S/C13H21FN4O2S/c1-3-10-12(14)13(17-8-16-10)15-7-9-5-4-6-11(9)18-21(2,19)20/h8-9,11,18H,3-7H2,1-2H3,(H,15,16,17)/t9-,11+/m0/s1. The Balaban J connectivity index is 1.99. The molecule has 1 aliphatic carbocycles. The number of hydrogen-bond acceptors (Lipinski definition) is 5. The van der Waals surface area contributed by atoms with Crippen LogP contribution in [0.25, 0.3) is 0 Å². The van der Waals surface area contributed by atoms with E-state index in [2.05, 4.69) is 20.0 Å². The fourth-order valence-corrected chi connectivity index (χ4v) is 3.58. The number of sulfonamides is 1. The molecule has 2 atom stereocenters. The second kappa shape index (κ2) is 6.65. The van der Waals surface area contributed by atoms with Crippen LogP contribution in [0.4, 0.5) is 10.2 Å². The van der Waals surface area contributed by atoms with Crippen molar-refractivity contribution >= 4 is 15.8 Å². The van der Waals surface area contributed by atoms with Crippen LogP contribution >= 0.6 is 0 Å². The highest BCUT2D eigenvalue weighted by Crippen LogP contribution is 2.26. The van der Waals surface area contributed by atoms with E-state index in [-0.39, 0.29) is 17.8 Å². The Bertz CT molecular complexity index is 594. The Hall–Kier alpha value is -1.28. The van der Waals surface area contributed by atoms with Gasteiger partial charge in [0.1, 0.15) is 6.33 Å². The number of nitrogens with zero attached hydrogens (tertiary/aromatic N) is 2. The topological polar surface area (TPSA) is 84.0 Å². The lowest BCUT2D eigenvalue weighted by Crippen LogP contribution is -2.39. The molecule has 1 aromatic rings. The van der Waals surface area contributed by atoms with Crippen molar-refractivity contribution in [2.45, 2.75) is 38.6 Å². The SMILES string of the molecule is CCc1ncnc(NC[C@@H]2CCC[C@H]2NS(C)(=O)=O)c1F. The quantitative estimate of drug-likeness (QED) is 0.826. The van der Waals surface area contributed by atoms with E-state index >= 15 is 0 Å². The normalized spacial score (nSPS) is 22.4. The Morgan fingerprint density at radius 1 is 1.38 bits per heavy atom. The van der Waals surface area contributed by atoms with Crippen LogP contribution in [0.1, 0.15) is 31.9 Å². The molecule has 1 saturated carbocycles. The van der Waals surface area contributed by atoms with Crippen LogP contribution in [0.15, 0.2) is 6.33 Å². The van der Waals surface area contributed by atoms with Crippen LogP contribution < -0.4 is 10.0 Å². The average molecular weight is 316 g/mol. The molecule has 8 heteroatoms. The highest BCUT2D eigenvalue weighted by atomic mass is 32.2. The van der Waals surface area contributed by atoms with Gasteiger partial charge in [-0.2, -0.15) is 0 Å². The fourth-order valence-electron chi connectivity index (χ4n) is 2.72. The molecule has 21 heavy (non-hydrogen) atoms. The zero-order valence-electron chi connectivity index (χ0n) is 12.3. The predicted molar refractivity (Wildman–Crippen MR) is 79.0 cm³/mol. The van der Waals surface area contributed by atoms with Crippen LogP contribution in [0, 0.1) is 11.7 Å². The molecule has 0 unspecified atom stereocenters. The summed E-state index contributed by atoms with van der Waals surface area (Å²) in [5.74, 6) is -0.100. The van der Waals surface area contributed by atoms with Crippen LogP contribution in [-0.4, -0.2) is 37.2 Å². The van der Waals surface area contributed by atoms with E-state index in [1.165, 1.54) is 6.33 Å². The van der Waals surface area contributed by atoms with Crippen molar-refractivity contribution < 1.29 is 12.8 Å². The molecule has 1 fully saturated rings. The number of rotatable bonds is 6. The van der Waals surface area contributed by atoms with Crippen molar-refractivity contribution in [3.8, 4) is 0 Å². The fraction of sp³-hybridized carbons (Fsp3) is 0.692. The molecule has 1 aromatic heterocycles. The van der Waals surface area contributed by atoms with Crippen LogP contribution in [0.5, 0.6) is 0 Å². The van der Waals surface area contributed by atoms with Crippen molar-refractivity contribution in [2.24, 2.45) is 5.92 Å². The molecule has 6 nitrogen and oxygen atoms in total. The third-order valence-electron chi connectivity index (χ3n) is 3.75. The minimum Gasteiger partial charge on any atom is -0.367 e. The summed E-state index contributed by atoms with van der Waals surface area (Å²) in [6.45, 7) is 2.32. The molecule has 2 rings (SSSR count). The van der Waals surface area contributed by atoms with Crippen LogP contribution in [-0.2, 0) is 16.4 Å². The van der Waals surface area contributed by atoms with E-state index in [4.69, 9.17) is 0 Å². The molecule has 0 aliphatic heterocycles. The second-order valence-electron chi connectivity index (χ2n) is 5.40. The Morgan fingerprint density at radius 3 is 2.81 bits per heavy atom. The van der Waals surface area contributed by atoms with Gasteiger partial charge in [0, 0.05) is 12.6 Å². The third-order valence-corrected chi connectivity index (χ3v) is 4.48. The number of halogens is 1. The summed E-state index contributed by atoms with van der Waals surface area (Å²) in [7, 11) is -3.22. The van der Waals surface area contributed by atoms with Crippen LogP contribution in [0.2, 0.25) is 0 Å². The van der Waals surface area contributed by atoms with E-state index < -0.39 is 15.8 Å². The first kappa shape index (κ1) is 16.1. The van der Waals surface area contributed by atoms with Crippen molar-refractivity contribution in [3.63, 3.8) is 0 Å². The van der Waals surface area contributed by atoms with Gasteiger partial charge in [-0.3, -0.25) is 0 Å². The lowest BCUT2D eigenvalue weighted by Gasteiger charge is -2.20. The second-order valence-corrected chi connectivity index (χ2v) is 7.18. The van der Waals surface area contributed by atoms with Crippen molar-refractivity contribution in [3.05, 3.63) is 17.8 Å². The van der Waals surface area contributed by atoms with Gasteiger partial charge >= 0.3 is 0 Å². The maximum absolute atomic E-state index is 14.0. The van der Waals surface area contributed by atoms with Crippen LogP contribution in [0.3, 0.4) is 0 Å². The summed E-state index contributed by atoms with van der Waals surface area (Å²) < 4.78 is 39.3. The number of aryl methyl sites for hydroxylation is 1. The smallest absolute Gasteiger partial charge is 0.208 e. The highest BCUT2D eigenvalue weighted by molar-refractivity contribution is 7.88. The van der Waals surface area contributed by atoms with E-state index in [9.17, 15) is 12.8 Å². The third kappa shape index (κ3) is 4.34. The molecule has 1 aliphatic rings. The van der Waals surface area contributed by atoms with E-state index in [0.29, 0.717) is 18.7 Å². The highest BCUT2D eigenvalue weighted by Gasteiger charge is 2.29. The predicted octanol–water partition coefficient (Wildman–Crippen LogP) is 1.31. The van der Waals surface area contributed by atoms with Gasteiger partial charge in [-0.05, 0) is 25.2 Å². The average Bonchev–Trinajstić information content (AvgIpc) is 2.82. The Morgan fingerprint density at radius 2 is 2.14 bits per heavy atom. The van der Waals surface area contributed by atoms with Gasteiger partial charge in [0.05, 0.1) is 11.9 Å². The molecular weight excluding hydrogens is 295 g/mol. The monoisotopic (exact) mass is 316 g/mol. The van der Waals surface area contributed by atoms with Crippen molar-refractivity contribution in [2.75, 3.05) is 18.1 Å². The molecule has 0 bridgehead atoms. The summed E-state index contributed by atoms with van der Waals surface area (Å²) in [6.07, 6.45) is 5.69. The summed E-state index contributed by atoms with van der Waals surface area (Å²) in [6, 6.07) is -0.0944. The zero-order chi connectivity index (χ0) is 15.5. The molecule has 0 spiro atoms. The van der Waals surface area contributed by atoms with Gasteiger partial charge < -0.3 is 5.32 Å². The van der Waals surface area contributed by atoms with Gasteiger partial charge in [-0.1, -0.05) is 13.3 Å². The largest absolute Gasteiger partial charge is 0.367 e. The summed E-state index contributed by atoms with van der Waals surface area (Å²) in [5.41, 5.74) is 0.379. The lowest BCUT2D eigenvalue weighted by atomic mass is 10.0. The Labute approximate surface area is 124 Å². The lowest BCUT2D eigenvalue weighted by molar-refractivity contribution is 0.462. The molecule has 0 radical (unpaired) electrons.